The number of cyclic esters (lactones) is 1. The number of hydrogen-bond acceptors (Lipinski definition) is 12. The molecule has 64 heavy (non-hydrogen) atoms. The quantitative estimate of drug-likeness (QED) is 0.142. The Balaban J connectivity index is 1.67. The number of carbonyl (C=O) groups is 4. The lowest BCUT2D eigenvalue weighted by Crippen LogP contribution is -2.61. The maximum Gasteiger partial charge on any atom is 0.329 e. The van der Waals surface area contributed by atoms with E-state index in [1.54, 1.807) is 28.1 Å². The van der Waals surface area contributed by atoms with Gasteiger partial charge < -0.3 is 43.9 Å². The Bertz CT molecular complexity index is 1670. The number of nitrogens with zero attached hydrogens (tertiary/aromatic N) is 1. The van der Waals surface area contributed by atoms with E-state index >= 15 is 0 Å². The van der Waals surface area contributed by atoms with Crippen LogP contribution in [0.2, 0.25) is 0 Å². The molecule has 0 radical (unpaired) electrons. The summed E-state index contributed by atoms with van der Waals surface area (Å²) in [7, 11) is 4.65. The van der Waals surface area contributed by atoms with Crippen LogP contribution in [0.4, 0.5) is 0 Å². The van der Waals surface area contributed by atoms with Gasteiger partial charge >= 0.3 is 5.97 Å². The van der Waals surface area contributed by atoms with Crippen LogP contribution in [0.25, 0.3) is 0 Å². The smallest absolute Gasteiger partial charge is 0.329 e. The van der Waals surface area contributed by atoms with E-state index in [1.807, 2.05) is 64.2 Å². The van der Waals surface area contributed by atoms with Crippen LogP contribution in [0.15, 0.2) is 47.6 Å². The molecule has 13 heteroatoms. The zero-order valence-electron chi connectivity index (χ0n) is 40.4. The maximum absolute atomic E-state index is 14.4. The SMILES string of the molecule is CO[C@H]1C[C@@H]2CC[C@@H](C)[C@@](O)(O2)C(=O)C(=O)N2CCCC[C@H]2C(=O)O[C@H]([C@H](C)C[C@@H]2CC[C@@H](O)[C@H](OC)C2)CC[C@H](C)/C=C(\C)[C@@H](O)[C@@H](OC)C(=O)[C@H](C)C[C@H](C)/C=C\C=CC=C1C. The highest BCUT2D eigenvalue weighted by Gasteiger charge is 2.53. The fraction of sp³-hybridized carbons (Fsp3) is 0.765. The van der Waals surface area contributed by atoms with Crippen molar-refractivity contribution < 1.29 is 58.2 Å². The molecule has 0 aromatic heterocycles. The molecular weight excluding hydrogens is 819 g/mol. The van der Waals surface area contributed by atoms with Crippen molar-refractivity contribution in [3.05, 3.63) is 47.6 Å². The van der Waals surface area contributed by atoms with Crippen LogP contribution in [0.3, 0.4) is 0 Å². The Hall–Kier alpha value is -3.04. The van der Waals surface area contributed by atoms with Gasteiger partial charge in [-0.15, -0.1) is 0 Å². The third-order valence-corrected chi connectivity index (χ3v) is 14.5. The summed E-state index contributed by atoms with van der Waals surface area (Å²) in [5.41, 5.74) is 1.51. The third kappa shape index (κ3) is 14.2. The van der Waals surface area contributed by atoms with Crippen molar-refractivity contribution >= 4 is 23.4 Å². The standard InChI is InChI=1S/C51H81NO12/c1-31-16-12-11-13-17-33(3)43(60-8)30-39-22-20-37(7)51(59,64-39)48(56)49(57)52-25-15-14-18-40(52)50(58)63-42(34(4)28-38-21-23-41(53)44(29-38)61-9)24-19-32(2)27-36(6)46(55)47(62-10)45(54)35(5)26-31/h11-13,16-17,27,31-32,34-35,37-44,46-47,53,55,59H,14-15,18-26,28-30H2,1-10H3/b13-11?,16-12-,33-17?,36-27+/t31-,32+,34-,35-,37-,38+,39+,40+,41-,42+,43+,44-,46-,47+,51-/m1/s1. The molecule has 362 valence electrons. The van der Waals surface area contributed by atoms with Gasteiger partial charge in [-0.2, -0.15) is 0 Å². The van der Waals surface area contributed by atoms with Gasteiger partial charge in [-0.1, -0.05) is 71.1 Å². The largest absolute Gasteiger partial charge is 0.461 e. The number of Topliss-reactive ketones (excluding diaryl/α,β-unsaturated/α-hetero) is 2. The minimum Gasteiger partial charge on any atom is -0.461 e. The second-order valence-electron chi connectivity index (χ2n) is 19.7. The average molecular weight is 900 g/mol. The number of ketones is 2. The van der Waals surface area contributed by atoms with Crippen LogP contribution in [0.5, 0.6) is 0 Å². The number of rotatable bonds is 6. The van der Waals surface area contributed by atoms with Gasteiger partial charge in [0.25, 0.3) is 11.7 Å². The second kappa shape index (κ2) is 25.2. The van der Waals surface area contributed by atoms with Crippen LogP contribution in [-0.2, 0) is 42.9 Å². The fourth-order valence-corrected chi connectivity index (χ4v) is 10.3. The van der Waals surface area contributed by atoms with E-state index < -0.39 is 72.0 Å². The molecule has 3 heterocycles. The topological polar surface area (TPSA) is 178 Å². The fourth-order valence-electron chi connectivity index (χ4n) is 10.3. The molecule has 1 saturated carbocycles. The monoisotopic (exact) mass is 900 g/mol. The Kier molecular flexibility index (Phi) is 21.1. The van der Waals surface area contributed by atoms with E-state index in [4.69, 9.17) is 23.7 Å². The zero-order chi connectivity index (χ0) is 47.3. The number of esters is 1. The molecule has 0 aromatic carbocycles. The van der Waals surface area contributed by atoms with Gasteiger partial charge in [-0.3, -0.25) is 14.4 Å². The minimum atomic E-state index is -2.38. The minimum absolute atomic E-state index is 0.0678. The molecule has 0 aromatic rings. The van der Waals surface area contributed by atoms with Gasteiger partial charge in [0, 0.05) is 46.1 Å². The normalized spacial score (nSPS) is 39.5. The number of ether oxygens (including phenoxy) is 5. The highest BCUT2D eigenvalue weighted by atomic mass is 16.6. The van der Waals surface area contributed by atoms with E-state index in [-0.39, 0.29) is 48.0 Å². The molecule has 13 nitrogen and oxygen atoms in total. The lowest BCUT2D eigenvalue weighted by molar-refractivity contribution is -0.265. The number of fused-ring (bicyclic) bond motifs is 3. The van der Waals surface area contributed by atoms with Gasteiger partial charge in [0.1, 0.15) is 24.4 Å². The molecule has 3 fully saturated rings. The molecule has 1 amide bonds. The second-order valence-corrected chi connectivity index (χ2v) is 19.7. The highest BCUT2D eigenvalue weighted by molar-refractivity contribution is 6.39. The van der Waals surface area contributed by atoms with Crippen molar-refractivity contribution in [1.29, 1.82) is 0 Å². The first-order chi connectivity index (χ1) is 30.3. The van der Waals surface area contributed by atoms with E-state index in [2.05, 4.69) is 6.92 Å². The van der Waals surface area contributed by atoms with E-state index in [0.717, 1.165) is 18.4 Å². The number of amides is 1. The summed E-state index contributed by atoms with van der Waals surface area (Å²) >= 11 is 0. The third-order valence-electron chi connectivity index (χ3n) is 14.5. The molecule has 3 aliphatic heterocycles. The molecular formula is C51H81NO12. The van der Waals surface area contributed by atoms with E-state index in [1.165, 1.54) is 12.0 Å². The van der Waals surface area contributed by atoms with E-state index in [9.17, 15) is 34.5 Å². The van der Waals surface area contributed by atoms with Crippen LogP contribution in [0.1, 0.15) is 132 Å². The summed E-state index contributed by atoms with van der Waals surface area (Å²) < 4.78 is 29.6. The van der Waals surface area contributed by atoms with Gasteiger partial charge in [-0.05, 0) is 126 Å². The van der Waals surface area contributed by atoms with Gasteiger partial charge in [0.05, 0.1) is 24.4 Å². The molecule has 0 spiro atoms. The first-order valence-corrected chi connectivity index (χ1v) is 24.0. The molecule has 2 bridgehead atoms. The van der Waals surface area contributed by atoms with E-state index in [0.29, 0.717) is 76.2 Å². The Labute approximate surface area is 383 Å². The number of aliphatic hydroxyl groups excluding tert-OH is 2. The molecule has 0 unspecified atom stereocenters. The summed E-state index contributed by atoms with van der Waals surface area (Å²) in [6.07, 6.45) is 14.5. The molecule has 4 rings (SSSR count). The predicted octanol–water partition coefficient (Wildman–Crippen LogP) is 7.00. The first-order valence-electron chi connectivity index (χ1n) is 24.0. The van der Waals surface area contributed by atoms with Crippen LogP contribution < -0.4 is 0 Å². The summed E-state index contributed by atoms with van der Waals surface area (Å²) in [5, 5.41) is 33.9. The van der Waals surface area contributed by atoms with Gasteiger partial charge in [-0.25, -0.2) is 4.79 Å². The van der Waals surface area contributed by atoms with Crippen LogP contribution in [0, 0.1) is 35.5 Å². The number of allylic oxidation sites excluding steroid dienone is 6. The van der Waals surface area contributed by atoms with Crippen molar-refractivity contribution in [3.8, 4) is 0 Å². The summed E-state index contributed by atoms with van der Waals surface area (Å²) in [6, 6.07) is -1.02. The number of hydrogen-bond donors (Lipinski definition) is 3. The zero-order valence-corrected chi connectivity index (χ0v) is 40.4. The Morgan fingerprint density at radius 1 is 0.812 bits per heavy atom. The lowest BCUT2D eigenvalue weighted by atomic mass is 9.78. The summed E-state index contributed by atoms with van der Waals surface area (Å²) in [6.45, 7) is 13.6. The van der Waals surface area contributed by atoms with Crippen molar-refractivity contribution in [2.75, 3.05) is 27.9 Å². The number of aliphatic hydroxyl groups is 3. The number of carbonyl (C=O) groups excluding carboxylic acids is 4. The summed E-state index contributed by atoms with van der Waals surface area (Å²) in [4.78, 5) is 57.8. The average Bonchev–Trinajstić information content (AvgIpc) is 3.27. The van der Waals surface area contributed by atoms with Crippen molar-refractivity contribution in [1.82, 2.24) is 4.90 Å². The van der Waals surface area contributed by atoms with Crippen molar-refractivity contribution in [2.24, 2.45) is 35.5 Å². The molecule has 1 aliphatic carbocycles. The van der Waals surface area contributed by atoms with Crippen LogP contribution >= 0.6 is 0 Å². The Morgan fingerprint density at radius 3 is 2.23 bits per heavy atom. The van der Waals surface area contributed by atoms with Crippen LogP contribution in [-0.4, -0.2) is 126 Å². The lowest BCUT2D eigenvalue weighted by Gasteiger charge is -2.42. The predicted molar refractivity (Wildman–Crippen MR) is 245 cm³/mol. The number of piperidine rings is 1. The van der Waals surface area contributed by atoms with Gasteiger partial charge in [0.2, 0.25) is 5.79 Å². The highest BCUT2D eigenvalue weighted by Crippen LogP contribution is 2.38. The molecule has 2 saturated heterocycles. The molecule has 3 N–H and O–H groups in total. The molecule has 4 aliphatic rings. The van der Waals surface area contributed by atoms with Crippen molar-refractivity contribution in [3.63, 3.8) is 0 Å². The van der Waals surface area contributed by atoms with Gasteiger partial charge in [0.15, 0.2) is 5.78 Å². The molecule has 15 atom stereocenters. The first kappa shape index (κ1) is 53.6. The Morgan fingerprint density at radius 2 is 1.55 bits per heavy atom. The summed E-state index contributed by atoms with van der Waals surface area (Å²) in [5.74, 6) is -6.09. The number of methoxy groups -OCH3 is 3. The van der Waals surface area contributed by atoms with Crippen molar-refractivity contribution in [2.45, 2.75) is 186 Å². The maximum atomic E-state index is 14.4.